The SMILES string of the molecule is Cc1c2oc(=O)cc(C)c2c(C)c2c(CO)coc12. The van der Waals surface area contributed by atoms with E-state index in [9.17, 15) is 9.90 Å². The van der Waals surface area contributed by atoms with Crippen molar-refractivity contribution in [3.05, 3.63) is 45.0 Å². The Morgan fingerprint density at radius 3 is 2.53 bits per heavy atom. The van der Waals surface area contributed by atoms with Gasteiger partial charge in [-0.25, -0.2) is 4.79 Å². The maximum Gasteiger partial charge on any atom is 0.336 e. The predicted molar refractivity (Wildman–Crippen MR) is 72.4 cm³/mol. The molecule has 3 rings (SSSR count). The first-order valence-corrected chi connectivity index (χ1v) is 6.09. The van der Waals surface area contributed by atoms with Crippen molar-refractivity contribution in [2.24, 2.45) is 0 Å². The number of fused-ring (bicyclic) bond motifs is 2. The Hall–Kier alpha value is -2.07. The average Bonchev–Trinajstić information content (AvgIpc) is 2.79. The highest BCUT2D eigenvalue weighted by Gasteiger charge is 2.18. The van der Waals surface area contributed by atoms with Gasteiger partial charge in [-0.1, -0.05) is 0 Å². The number of aliphatic hydroxyl groups is 1. The van der Waals surface area contributed by atoms with Crippen LogP contribution < -0.4 is 5.63 Å². The lowest BCUT2D eigenvalue weighted by Crippen LogP contribution is -2.00. The van der Waals surface area contributed by atoms with E-state index in [0.717, 1.165) is 33.0 Å². The molecule has 0 spiro atoms. The third-order valence-corrected chi connectivity index (χ3v) is 3.63. The maximum absolute atomic E-state index is 11.5. The Bertz CT molecular complexity index is 852. The third-order valence-electron chi connectivity index (χ3n) is 3.63. The number of hydrogen-bond acceptors (Lipinski definition) is 4. The zero-order valence-electron chi connectivity index (χ0n) is 11.0. The van der Waals surface area contributed by atoms with Crippen molar-refractivity contribution in [2.45, 2.75) is 27.4 Å². The van der Waals surface area contributed by atoms with Crippen LogP contribution in [0.5, 0.6) is 0 Å². The molecule has 0 aliphatic carbocycles. The summed E-state index contributed by atoms with van der Waals surface area (Å²) in [6, 6.07) is 1.49. The number of furan rings is 1. The van der Waals surface area contributed by atoms with Crippen molar-refractivity contribution < 1.29 is 13.9 Å². The normalized spacial score (nSPS) is 11.6. The van der Waals surface area contributed by atoms with Crippen LogP contribution in [-0.4, -0.2) is 5.11 Å². The molecule has 2 heterocycles. The van der Waals surface area contributed by atoms with Crippen LogP contribution in [0.25, 0.3) is 21.9 Å². The van der Waals surface area contributed by atoms with Crippen LogP contribution >= 0.6 is 0 Å². The Morgan fingerprint density at radius 1 is 1.11 bits per heavy atom. The van der Waals surface area contributed by atoms with Crippen molar-refractivity contribution in [1.82, 2.24) is 0 Å². The van der Waals surface area contributed by atoms with Gasteiger partial charge in [0.2, 0.25) is 0 Å². The van der Waals surface area contributed by atoms with E-state index in [-0.39, 0.29) is 12.2 Å². The summed E-state index contributed by atoms with van der Waals surface area (Å²) >= 11 is 0. The fourth-order valence-electron chi connectivity index (χ4n) is 2.76. The zero-order chi connectivity index (χ0) is 13.7. The van der Waals surface area contributed by atoms with Crippen LogP contribution in [0.4, 0.5) is 0 Å². The number of aliphatic hydroxyl groups excluding tert-OH is 1. The molecule has 0 amide bonds. The molecule has 1 aromatic carbocycles. The van der Waals surface area contributed by atoms with Crippen molar-refractivity contribution in [2.75, 3.05) is 0 Å². The highest BCUT2D eigenvalue weighted by atomic mass is 16.4. The van der Waals surface area contributed by atoms with E-state index in [1.165, 1.54) is 6.07 Å². The molecule has 3 aromatic rings. The molecule has 0 bridgehead atoms. The Balaban J connectivity index is 2.67. The summed E-state index contributed by atoms with van der Waals surface area (Å²) in [6.45, 7) is 5.62. The summed E-state index contributed by atoms with van der Waals surface area (Å²) < 4.78 is 10.8. The first-order valence-electron chi connectivity index (χ1n) is 6.09. The van der Waals surface area contributed by atoms with Gasteiger partial charge >= 0.3 is 5.63 Å². The standard InChI is InChI=1S/C15H14O4/c1-7-4-11(17)19-15-9(3)14-13(8(2)12(7)15)10(5-16)6-18-14/h4,6,16H,5H2,1-3H3. The van der Waals surface area contributed by atoms with Crippen molar-refractivity contribution in [3.8, 4) is 0 Å². The second-order valence-corrected chi connectivity index (χ2v) is 4.83. The van der Waals surface area contributed by atoms with Crippen LogP contribution in [0.1, 0.15) is 22.3 Å². The van der Waals surface area contributed by atoms with E-state index in [0.29, 0.717) is 11.2 Å². The fraction of sp³-hybridized carbons (Fsp3) is 0.267. The van der Waals surface area contributed by atoms with E-state index < -0.39 is 0 Å². The number of rotatable bonds is 1. The quantitative estimate of drug-likeness (QED) is 0.681. The highest BCUT2D eigenvalue weighted by molar-refractivity contribution is 6.03. The lowest BCUT2D eigenvalue weighted by Gasteiger charge is -2.09. The summed E-state index contributed by atoms with van der Waals surface area (Å²) in [5.41, 5.74) is 4.25. The highest BCUT2D eigenvalue weighted by Crippen LogP contribution is 2.35. The molecule has 0 aliphatic rings. The zero-order valence-corrected chi connectivity index (χ0v) is 11.0. The molecule has 0 saturated heterocycles. The van der Waals surface area contributed by atoms with Crippen molar-refractivity contribution in [1.29, 1.82) is 0 Å². The number of aryl methyl sites for hydroxylation is 3. The van der Waals surface area contributed by atoms with Crippen LogP contribution in [0.15, 0.2) is 26.0 Å². The van der Waals surface area contributed by atoms with Crippen LogP contribution in [-0.2, 0) is 6.61 Å². The summed E-state index contributed by atoms with van der Waals surface area (Å²) in [7, 11) is 0. The van der Waals surface area contributed by atoms with Crippen molar-refractivity contribution >= 4 is 21.9 Å². The Morgan fingerprint density at radius 2 is 1.84 bits per heavy atom. The first kappa shape index (κ1) is 12.0. The topological polar surface area (TPSA) is 63.6 Å². The Labute approximate surface area is 109 Å². The third kappa shape index (κ3) is 1.53. The largest absolute Gasteiger partial charge is 0.464 e. The molecular weight excluding hydrogens is 244 g/mol. The van der Waals surface area contributed by atoms with E-state index in [1.807, 2.05) is 20.8 Å². The molecule has 0 aliphatic heterocycles. The van der Waals surface area contributed by atoms with E-state index in [4.69, 9.17) is 8.83 Å². The maximum atomic E-state index is 11.5. The van der Waals surface area contributed by atoms with Gasteiger partial charge < -0.3 is 13.9 Å². The molecule has 0 unspecified atom stereocenters. The van der Waals surface area contributed by atoms with Crippen LogP contribution in [0.2, 0.25) is 0 Å². The second-order valence-electron chi connectivity index (χ2n) is 4.83. The van der Waals surface area contributed by atoms with Gasteiger partial charge in [-0.05, 0) is 31.9 Å². The molecule has 0 saturated carbocycles. The van der Waals surface area contributed by atoms with E-state index in [1.54, 1.807) is 6.26 Å². The predicted octanol–water partition coefficient (Wildman–Crippen LogP) is 2.96. The molecule has 0 fully saturated rings. The molecule has 98 valence electrons. The second kappa shape index (κ2) is 3.96. The summed E-state index contributed by atoms with van der Waals surface area (Å²) in [4.78, 5) is 11.5. The monoisotopic (exact) mass is 258 g/mol. The van der Waals surface area contributed by atoms with Crippen LogP contribution in [0, 0.1) is 20.8 Å². The fourth-order valence-corrected chi connectivity index (χ4v) is 2.76. The molecular formula is C15H14O4. The van der Waals surface area contributed by atoms with Gasteiger partial charge in [0, 0.05) is 28.0 Å². The summed E-state index contributed by atoms with van der Waals surface area (Å²) in [5.74, 6) is 0. The summed E-state index contributed by atoms with van der Waals surface area (Å²) in [5, 5.41) is 11.2. The minimum absolute atomic E-state index is 0.0748. The average molecular weight is 258 g/mol. The molecule has 4 heteroatoms. The molecule has 1 N–H and O–H groups in total. The van der Waals surface area contributed by atoms with Gasteiger partial charge in [-0.3, -0.25) is 0 Å². The molecule has 4 nitrogen and oxygen atoms in total. The summed E-state index contributed by atoms with van der Waals surface area (Å²) in [6.07, 6.45) is 1.55. The van der Waals surface area contributed by atoms with Gasteiger partial charge in [0.15, 0.2) is 0 Å². The molecule has 2 aromatic heterocycles. The van der Waals surface area contributed by atoms with Gasteiger partial charge in [-0.2, -0.15) is 0 Å². The van der Waals surface area contributed by atoms with E-state index in [2.05, 4.69) is 0 Å². The lowest BCUT2D eigenvalue weighted by atomic mass is 9.97. The van der Waals surface area contributed by atoms with Crippen molar-refractivity contribution in [3.63, 3.8) is 0 Å². The van der Waals surface area contributed by atoms with Gasteiger partial charge in [-0.15, -0.1) is 0 Å². The van der Waals surface area contributed by atoms with Crippen LogP contribution in [0.3, 0.4) is 0 Å². The lowest BCUT2D eigenvalue weighted by molar-refractivity contribution is 0.281. The molecule has 0 radical (unpaired) electrons. The number of benzene rings is 1. The first-order chi connectivity index (χ1) is 9.04. The molecule has 19 heavy (non-hydrogen) atoms. The number of hydrogen-bond donors (Lipinski definition) is 1. The van der Waals surface area contributed by atoms with Gasteiger partial charge in [0.25, 0.3) is 0 Å². The van der Waals surface area contributed by atoms with Gasteiger partial charge in [0.05, 0.1) is 12.9 Å². The van der Waals surface area contributed by atoms with Gasteiger partial charge in [0.1, 0.15) is 11.2 Å². The Kier molecular flexibility index (Phi) is 2.50. The molecule has 0 atom stereocenters. The smallest absolute Gasteiger partial charge is 0.336 e. The minimum Gasteiger partial charge on any atom is -0.464 e. The van der Waals surface area contributed by atoms with E-state index >= 15 is 0 Å². The minimum atomic E-state index is -0.360.